The van der Waals surface area contributed by atoms with Crippen LogP contribution >= 0.6 is 76.4 Å². The number of carbonyl (C=O) groups excluding carboxylic acids is 3. The molecule has 0 saturated carbocycles. The van der Waals surface area contributed by atoms with Crippen LogP contribution < -0.4 is 48.2 Å². The van der Waals surface area contributed by atoms with Crippen molar-refractivity contribution in [1.29, 1.82) is 0 Å². The fraction of sp³-hybridized carbons (Fsp3) is 0.250. The Labute approximate surface area is 621 Å². The Bertz CT molecular complexity index is 5980. The average molecular weight is 1690 g/mol. The first-order chi connectivity index (χ1) is 51.5. The fourth-order valence-electron chi connectivity index (χ4n) is 10.9. The lowest BCUT2D eigenvalue weighted by molar-refractivity contribution is -0.141. The van der Waals surface area contributed by atoms with Gasteiger partial charge in [0.1, 0.15) is 34.7 Å². The molecule has 0 unspecified atom stereocenters. The Morgan fingerprint density at radius 1 is 0.400 bits per heavy atom. The van der Waals surface area contributed by atoms with Gasteiger partial charge in [0, 0.05) is 75.1 Å². The van der Waals surface area contributed by atoms with Gasteiger partial charge in [0.25, 0.3) is 34.4 Å². The minimum absolute atomic E-state index is 0.0351. The zero-order valence-electron chi connectivity index (χ0n) is 55.5. The van der Waals surface area contributed by atoms with Gasteiger partial charge >= 0.3 is 43.4 Å². The molecule has 0 spiro atoms. The number of carbonyl (C=O) groups is 3. The molecule has 3 aromatic carbocycles. The third kappa shape index (κ3) is 14.5. The molecule has 9 aromatic heterocycles. The van der Waals surface area contributed by atoms with E-state index in [9.17, 15) is 82.7 Å². The van der Waals surface area contributed by atoms with Crippen LogP contribution in [0.15, 0.2) is 96.3 Å². The summed E-state index contributed by atoms with van der Waals surface area (Å²) in [6.07, 6.45) is -19.4. The maximum Gasteiger partial charge on any atom is 0.480 e. The number of nitrogens with zero attached hydrogens (tertiary/aromatic N) is 15. The first-order valence-corrected chi connectivity index (χ1v) is 36.6. The topological polar surface area (TPSA) is 319 Å². The third-order valence-electron chi connectivity index (χ3n) is 16.5. The highest BCUT2D eigenvalue weighted by atomic mass is 32.1. The normalized spacial score (nSPS) is 13.5. The Morgan fingerprint density at radius 3 is 0.882 bits per heavy atom. The standard InChI is InChI=1S/C60H39F15N15O13PS6/c1-82-46(94)37-28(79-108-49(37)85(4)55(82)97)13-34(91)76-52-88(31(16-105-52)22-7-10-25(58(67,68)69)43(64)40(22)61)19-101-104(100,102-20-89-32(23-8-11-26(59(70,71)72)44(65)41(23)62)17-106-53(89)77-35(92)14-29-38-47(95)83(2)56(98)86(5)50(38)109-80-29)103-21-90-33(24-9-12-27(60(73,74)75)45(66)42(24)63)18-107-54(90)78-36(93)15-30-39-48(96)84(3)57(99)87(6)51(39)110-81-30/h7-12,16-18H,13-15,19-21H2,1-6H3. The van der Waals surface area contributed by atoms with E-state index >= 15 is 30.9 Å². The van der Waals surface area contributed by atoms with Gasteiger partial charge < -0.3 is 0 Å². The van der Waals surface area contributed by atoms with Crippen LogP contribution in [-0.2, 0) is 133 Å². The summed E-state index contributed by atoms with van der Waals surface area (Å²) >= 11 is 2.67. The second kappa shape index (κ2) is 29.5. The molecule has 0 aliphatic heterocycles. The van der Waals surface area contributed by atoms with E-state index in [0.717, 1.165) is 51.0 Å². The third-order valence-corrected chi connectivity index (χ3v) is 23.2. The number of fused-ring (bicyclic) bond motifs is 3. The number of thiazole rings is 3. The molecule has 0 N–H and O–H groups in total. The van der Waals surface area contributed by atoms with E-state index in [1.54, 1.807) is 0 Å². The molecule has 0 fully saturated rings. The smallest absolute Gasteiger partial charge is 0.292 e. The molecule has 0 aliphatic rings. The Balaban J connectivity index is 1.03. The molecule has 0 aliphatic carbocycles. The van der Waals surface area contributed by atoms with Crippen molar-refractivity contribution in [3.8, 4) is 33.8 Å². The number of aromatic nitrogens is 12. The molecule has 0 radical (unpaired) electrons. The Hall–Kier alpha value is -10.3. The van der Waals surface area contributed by atoms with Crippen molar-refractivity contribution < 1.29 is 98.4 Å². The van der Waals surface area contributed by atoms with E-state index in [-0.39, 0.29) is 65.9 Å². The number of phosphoric acid groups is 1. The molecular formula is C60H39F15N15O13PS6. The number of alkyl halides is 9. The molecule has 0 bridgehead atoms. The van der Waals surface area contributed by atoms with Gasteiger partial charge in [-0.05, 0) is 71.0 Å². The molecule has 28 nitrogen and oxygen atoms in total. The van der Waals surface area contributed by atoms with Crippen molar-refractivity contribution in [2.45, 2.75) is 58.0 Å². The molecule has 578 valence electrons. The van der Waals surface area contributed by atoms with Crippen molar-refractivity contribution in [1.82, 2.24) is 54.2 Å². The SMILES string of the molecule is Cn1c(=O)c2c(CC(=O)N=c3scc(-c4ccc(C(F)(F)F)c(F)c4F)n3COP(=O)(OCn3c(-c4ccc(C(F)(F)F)c(F)c4F)csc3=NC(=O)Cc3nsc4c3c(=O)n(C)c(=O)n4C)OCn3c(-c4ccc(C(F)(F)F)c(F)c4F)csc3=NC(=O)Cc3nsc4c3c(=O)n(C)c(=O)n4C)nsc2n(C)c1=O. The van der Waals surface area contributed by atoms with E-state index in [1.807, 2.05) is 0 Å². The summed E-state index contributed by atoms with van der Waals surface area (Å²) in [4.78, 5) is 130. The van der Waals surface area contributed by atoms with Crippen LogP contribution in [0.4, 0.5) is 65.9 Å². The minimum Gasteiger partial charge on any atom is -0.292 e. The summed E-state index contributed by atoms with van der Waals surface area (Å²) < 4.78 is 275. The van der Waals surface area contributed by atoms with Crippen molar-refractivity contribution in [2.24, 2.45) is 57.3 Å². The van der Waals surface area contributed by atoms with Gasteiger partial charge in [-0.25, -0.2) is 45.3 Å². The van der Waals surface area contributed by atoms with Gasteiger partial charge in [0.2, 0.25) is 0 Å². The Kier molecular flexibility index (Phi) is 21.3. The number of halogens is 15. The van der Waals surface area contributed by atoms with Crippen molar-refractivity contribution in [2.75, 3.05) is 0 Å². The number of benzene rings is 3. The predicted molar refractivity (Wildman–Crippen MR) is 362 cm³/mol. The summed E-state index contributed by atoms with van der Waals surface area (Å²) in [5, 5.41) is 1.69. The van der Waals surface area contributed by atoms with Crippen molar-refractivity contribution in [3.05, 3.63) is 198 Å². The quantitative estimate of drug-likeness (QED) is 0.0573. The highest BCUT2D eigenvalue weighted by Crippen LogP contribution is 2.52. The van der Waals surface area contributed by atoms with Gasteiger partial charge in [0.15, 0.2) is 49.3 Å². The zero-order chi connectivity index (χ0) is 80.2. The van der Waals surface area contributed by atoms with Crippen LogP contribution in [-0.4, -0.2) is 71.9 Å². The summed E-state index contributed by atoms with van der Waals surface area (Å²) in [5.41, 5.74) is -18.4. The lowest BCUT2D eigenvalue weighted by Gasteiger charge is -2.21. The van der Waals surface area contributed by atoms with Crippen molar-refractivity contribution in [3.63, 3.8) is 0 Å². The van der Waals surface area contributed by atoms with Crippen LogP contribution in [0, 0.1) is 34.9 Å². The maximum absolute atomic E-state index is 16.3. The second-order valence-corrected chi connectivity index (χ2v) is 29.6. The molecule has 12 aromatic rings. The molecule has 3 amide bonds. The van der Waals surface area contributed by atoms with Crippen LogP contribution in [0.5, 0.6) is 0 Å². The van der Waals surface area contributed by atoms with Crippen LogP contribution in [0.25, 0.3) is 64.4 Å². The number of rotatable bonds is 18. The molecule has 9 heterocycles. The lowest BCUT2D eigenvalue weighted by atomic mass is 10.1. The van der Waals surface area contributed by atoms with Gasteiger partial charge in [0.05, 0.1) is 86.3 Å². The van der Waals surface area contributed by atoms with Gasteiger partial charge in [-0.1, -0.05) is 0 Å². The summed E-state index contributed by atoms with van der Waals surface area (Å²) in [7, 11) is 0.923. The highest BCUT2D eigenvalue weighted by molar-refractivity contribution is 7.48. The second-order valence-electron chi connectivity index (χ2n) is 23.2. The average Bonchev–Trinajstić information content (AvgIpc) is 1.59. The summed E-state index contributed by atoms with van der Waals surface area (Å²) in [6.45, 7) is -4.88. The zero-order valence-corrected chi connectivity index (χ0v) is 61.3. The molecule has 110 heavy (non-hydrogen) atoms. The van der Waals surface area contributed by atoms with Crippen LogP contribution in [0.3, 0.4) is 0 Å². The monoisotopic (exact) mass is 1690 g/mol. The number of hydrogen-bond donors (Lipinski definition) is 0. The van der Waals surface area contributed by atoms with E-state index < -0.39 is 217 Å². The molecule has 50 heteroatoms. The Morgan fingerprint density at radius 2 is 0.645 bits per heavy atom. The first-order valence-electron chi connectivity index (χ1n) is 30.1. The minimum atomic E-state index is -6.17. The number of amides is 3. The number of hydrogen-bond acceptors (Lipinski definition) is 22. The van der Waals surface area contributed by atoms with Gasteiger partial charge in [-0.3, -0.25) is 83.4 Å². The van der Waals surface area contributed by atoms with Gasteiger partial charge in [-0.2, -0.15) is 67.6 Å². The van der Waals surface area contributed by atoms with E-state index in [1.165, 1.54) is 21.1 Å². The van der Waals surface area contributed by atoms with E-state index in [0.29, 0.717) is 114 Å². The van der Waals surface area contributed by atoms with Crippen LogP contribution in [0.1, 0.15) is 33.8 Å². The molecule has 0 saturated heterocycles. The summed E-state index contributed by atoms with van der Waals surface area (Å²) in [5.74, 6) is -18.1. The molecule has 12 rings (SSSR count). The number of aryl methyl sites for hydroxylation is 3. The van der Waals surface area contributed by atoms with Crippen molar-refractivity contribution >= 4 is 125 Å². The highest BCUT2D eigenvalue weighted by Gasteiger charge is 2.40. The largest absolute Gasteiger partial charge is 0.480 e. The molecular weight excluding hydrogens is 1650 g/mol. The lowest BCUT2D eigenvalue weighted by Crippen LogP contribution is -2.36. The number of phosphoric ester groups is 1. The fourth-order valence-corrected chi connectivity index (χ4v) is 17.1. The molecule has 0 atom stereocenters. The van der Waals surface area contributed by atoms with E-state index in [2.05, 4.69) is 28.1 Å². The van der Waals surface area contributed by atoms with Gasteiger partial charge in [-0.15, -0.1) is 34.0 Å². The first kappa shape index (κ1) is 79.3. The summed E-state index contributed by atoms with van der Waals surface area (Å²) in [6, 6.07) is 1.37. The maximum atomic E-state index is 16.3. The predicted octanol–water partition coefficient (Wildman–Crippen LogP) is 8.63. The van der Waals surface area contributed by atoms with Crippen LogP contribution in [0.2, 0.25) is 0 Å². The van der Waals surface area contributed by atoms with E-state index in [4.69, 9.17) is 13.6 Å².